The first-order valence-corrected chi connectivity index (χ1v) is 6.83. The van der Waals surface area contributed by atoms with Crippen LogP contribution in [-0.2, 0) is 12.6 Å². The molecule has 0 saturated carbocycles. The van der Waals surface area contributed by atoms with Crippen LogP contribution >= 0.6 is 11.6 Å². The average Bonchev–Trinajstić information content (AvgIpc) is 2.41. The molecule has 2 aromatic rings. The van der Waals surface area contributed by atoms with Gasteiger partial charge in [-0.1, -0.05) is 35.9 Å². The number of benzene rings is 2. The molecule has 2 aromatic carbocycles. The van der Waals surface area contributed by atoms with Gasteiger partial charge in [0.1, 0.15) is 0 Å². The molecule has 21 heavy (non-hydrogen) atoms. The van der Waals surface area contributed by atoms with E-state index in [1.807, 2.05) is 19.1 Å². The quantitative estimate of drug-likeness (QED) is 0.856. The molecule has 0 radical (unpaired) electrons. The zero-order valence-corrected chi connectivity index (χ0v) is 12.2. The maximum Gasteiger partial charge on any atom is 0.416 e. The van der Waals surface area contributed by atoms with E-state index in [1.54, 1.807) is 6.07 Å². The minimum atomic E-state index is -4.31. The highest BCUT2D eigenvalue weighted by Crippen LogP contribution is 2.30. The van der Waals surface area contributed by atoms with Gasteiger partial charge in [-0.2, -0.15) is 13.2 Å². The van der Waals surface area contributed by atoms with Gasteiger partial charge in [0.05, 0.1) is 5.56 Å². The number of halogens is 4. The molecule has 0 heterocycles. The first-order chi connectivity index (χ1) is 9.77. The van der Waals surface area contributed by atoms with Gasteiger partial charge in [0.15, 0.2) is 0 Å². The summed E-state index contributed by atoms with van der Waals surface area (Å²) in [5.41, 5.74) is 8.02. The minimum absolute atomic E-state index is 0.306. The monoisotopic (exact) mass is 313 g/mol. The molecule has 1 nitrogen and oxygen atoms in total. The Morgan fingerprint density at radius 2 is 1.71 bits per heavy atom. The van der Waals surface area contributed by atoms with Crippen LogP contribution in [0.2, 0.25) is 5.02 Å². The molecule has 2 rings (SSSR count). The van der Waals surface area contributed by atoms with Gasteiger partial charge in [-0.05, 0) is 48.2 Å². The molecule has 1 atom stereocenters. The predicted octanol–water partition coefficient (Wildman–Crippen LogP) is 4.91. The SMILES string of the molecule is Cc1ccc(C(N)Cc2ccc(C(F)(F)F)cc2)cc1Cl. The second kappa shape index (κ2) is 6.08. The van der Waals surface area contributed by atoms with Gasteiger partial charge in [0.25, 0.3) is 0 Å². The van der Waals surface area contributed by atoms with Crippen LogP contribution in [0.25, 0.3) is 0 Å². The van der Waals surface area contributed by atoms with Crippen LogP contribution in [0.1, 0.15) is 28.3 Å². The molecule has 0 amide bonds. The molecular weight excluding hydrogens is 299 g/mol. The zero-order chi connectivity index (χ0) is 15.6. The zero-order valence-electron chi connectivity index (χ0n) is 11.4. The lowest BCUT2D eigenvalue weighted by atomic mass is 9.98. The Hall–Kier alpha value is -1.52. The second-order valence-electron chi connectivity index (χ2n) is 5.01. The minimum Gasteiger partial charge on any atom is -0.324 e. The van der Waals surface area contributed by atoms with Crippen LogP contribution in [-0.4, -0.2) is 0 Å². The van der Waals surface area contributed by atoms with E-state index in [0.29, 0.717) is 11.4 Å². The Morgan fingerprint density at radius 1 is 1.10 bits per heavy atom. The first kappa shape index (κ1) is 15.9. The maximum absolute atomic E-state index is 12.5. The Balaban J connectivity index is 2.12. The largest absolute Gasteiger partial charge is 0.416 e. The fourth-order valence-electron chi connectivity index (χ4n) is 2.04. The maximum atomic E-state index is 12.5. The predicted molar refractivity (Wildman–Crippen MR) is 78.3 cm³/mol. The van der Waals surface area contributed by atoms with E-state index in [9.17, 15) is 13.2 Å². The van der Waals surface area contributed by atoms with E-state index < -0.39 is 11.7 Å². The number of hydrogen-bond donors (Lipinski definition) is 1. The summed E-state index contributed by atoms with van der Waals surface area (Å²) in [5.74, 6) is 0. The number of nitrogens with two attached hydrogens (primary N) is 1. The van der Waals surface area contributed by atoms with Gasteiger partial charge in [-0.15, -0.1) is 0 Å². The third-order valence-electron chi connectivity index (χ3n) is 3.36. The second-order valence-corrected chi connectivity index (χ2v) is 5.42. The van der Waals surface area contributed by atoms with Gasteiger partial charge < -0.3 is 5.73 Å². The molecule has 0 aliphatic carbocycles. The van der Waals surface area contributed by atoms with Crippen molar-refractivity contribution < 1.29 is 13.2 Å². The van der Waals surface area contributed by atoms with Crippen LogP contribution in [0.3, 0.4) is 0 Å². The van der Waals surface area contributed by atoms with Crippen molar-refractivity contribution in [1.29, 1.82) is 0 Å². The Kier molecular flexibility index (Phi) is 4.59. The summed E-state index contributed by atoms with van der Waals surface area (Å²) in [6.07, 6.45) is -3.86. The van der Waals surface area contributed by atoms with Crippen LogP contribution in [0, 0.1) is 6.92 Å². The molecule has 0 bridgehead atoms. The standard InChI is InChI=1S/C16H15ClF3N/c1-10-2-5-12(9-14(10)17)15(21)8-11-3-6-13(7-4-11)16(18,19)20/h2-7,9,15H,8,21H2,1H3. The molecule has 1 unspecified atom stereocenters. The molecule has 0 spiro atoms. The Morgan fingerprint density at radius 3 is 2.24 bits per heavy atom. The van der Waals surface area contributed by atoms with Crippen LogP contribution < -0.4 is 5.73 Å². The van der Waals surface area contributed by atoms with Crippen molar-refractivity contribution in [3.8, 4) is 0 Å². The van der Waals surface area contributed by atoms with Crippen molar-refractivity contribution in [2.75, 3.05) is 0 Å². The highest BCUT2D eigenvalue weighted by Gasteiger charge is 2.29. The van der Waals surface area contributed by atoms with Crippen LogP contribution in [0.5, 0.6) is 0 Å². The molecule has 2 N–H and O–H groups in total. The van der Waals surface area contributed by atoms with Crippen molar-refractivity contribution in [2.45, 2.75) is 25.6 Å². The van der Waals surface area contributed by atoms with Crippen molar-refractivity contribution >= 4 is 11.6 Å². The van der Waals surface area contributed by atoms with Gasteiger partial charge in [0.2, 0.25) is 0 Å². The van der Waals surface area contributed by atoms with E-state index in [0.717, 1.165) is 28.8 Å². The third-order valence-corrected chi connectivity index (χ3v) is 3.77. The molecular formula is C16H15ClF3N. The fraction of sp³-hybridized carbons (Fsp3) is 0.250. The normalized spacial score (nSPS) is 13.2. The number of alkyl halides is 3. The summed E-state index contributed by atoms with van der Waals surface area (Å²) in [7, 11) is 0. The molecule has 5 heteroatoms. The molecule has 0 saturated heterocycles. The Bertz CT molecular complexity index is 620. The molecule has 0 aliphatic heterocycles. The van der Waals surface area contributed by atoms with Crippen molar-refractivity contribution in [3.05, 3.63) is 69.7 Å². The Labute approximate surface area is 126 Å². The summed E-state index contributed by atoms with van der Waals surface area (Å²) >= 11 is 6.05. The van der Waals surface area contributed by atoms with Crippen LogP contribution in [0.15, 0.2) is 42.5 Å². The van der Waals surface area contributed by atoms with Crippen molar-refractivity contribution in [2.24, 2.45) is 5.73 Å². The van der Waals surface area contributed by atoms with E-state index in [4.69, 9.17) is 17.3 Å². The summed E-state index contributed by atoms with van der Waals surface area (Å²) in [5, 5.41) is 0.635. The highest BCUT2D eigenvalue weighted by molar-refractivity contribution is 6.31. The van der Waals surface area contributed by atoms with Gasteiger partial charge in [0, 0.05) is 11.1 Å². The highest BCUT2D eigenvalue weighted by atomic mass is 35.5. The molecule has 112 valence electrons. The molecule has 0 aromatic heterocycles. The number of hydrogen-bond acceptors (Lipinski definition) is 1. The summed E-state index contributed by atoms with van der Waals surface area (Å²) in [6, 6.07) is 10.3. The summed E-state index contributed by atoms with van der Waals surface area (Å²) < 4.78 is 37.5. The average molecular weight is 314 g/mol. The lowest BCUT2D eigenvalue weighted by molar-refractivity contribution is -0.137. The molecule has 0 fully saturated rings. The van der Waals surface area contributed by atoms with Gasteiger partial charge in [-0.3, -0.25) is 0 Å². The van der Waals surface area contributed by atoms with Gasteiger partial charge >= 0.3 is 6.18 Å². The van der Waals surface area contributed by atoms with E-state index >= 15 is 0 Å². The number of aryl methyl sites for hydroxylation is 1. The topological polar surface area (TPSA) is 26.0 Å². The number of rotatable bonds is 3. The first-order valence-electron chi connectivity index (χ1n) is 6.45. The summed E-state index contributed by atoms with van der Waals surface area (Å²) in [6.45, 7) is 1.90. The summed E-state index contributed by atoms with van der Waals surface area (Å²) in [4.78, 5) is 0. The lowest BCUT2D eigenvalue weighted by Gasteiger charge is -2.14. The molecule has 0 aliphatic rings. The van der Waals surface area contributed by atoms with E-state index in [2.05, 4.69) is 0 Å². The smallest absolute Gasteiger partial charge is 0.324 e. The fourth-order valence-corrected chi connectivity index (χ4v) is 2.23. The lowest BCUT2D eigenvalue weighted by Crippen LogP contribution is -2.13. The van der Waals surface area contributed by atoms with Crippen molar-refractivity contribution in [1.82, 2.24) is 0 Å². The van der Waals surface area contributed by atoms with Crippen LogP contribution in [0.4, 0.5) is 13.2 Å². The van der Waals surface area contributed by atoms with E-state index in [-0.39, 0.29) is 6.04 Å². The van der Waals surface area contributed by atoms with Gasteiger partial charge in [-0.25, -0.2) is 0 Å². The van der Waals surface area contributed by atoms with E-state index in [1.165, 1.54) is 12.1 Å². The third kappa shape index (κ3) is 3.99. The van der Waals surface area contributed by atoms with Crippen molar-refractivity contribution in [3.63, 3.8) is 0 Å².